The zero-order valence-electron chi connectivity index (χ0n) is 10.9. The van der Waals surface area contributed by atoms with Crippen LogP contribution in [0.2, 0.25) is 0 Å². The van der Waals surface area contributed by atoms with E-state index in [2.05, 4.69) is 20.8 Å². The summed E-state index contributed by atoms with van der Waals surface area (Å²) in [6.07, 6.45) is 2.06. The van der Waals surface area contributed by atoms with Crippen molar-refractivity contribution in [1.82, 2.24) is 15.5 Å². The number of carbonyl (C=O) groups excluding carboxylic acids is 1. The molecule has 0 bridgehead atoms. The summed E-state index contributed by atoms with van der Waals surface area (Å²) in [4.78, 5) is 12.5. The second-order valence-corrected chi connectivity index (χ2v) is 5.31. The number of nitrogens with one attached hydrogen (secondary N) is 2. The number of ether oxygens (including phenoxy) is 1. The van der Waals surface area contributed by atoms with Crippen LogP contribution in [0.4, 0.5) is 6.01 Å². The Balaban J connectivity index is 1.66. The van der Waals surface area contributed by atoms with Crippen LogP contribution in [-0.4, -0.2) is 29.8 Å². The first-order valence-electron chi connectivity index (χ1n) is 6.27. The minimum absolute atomic E-state index is 0.0926. The van der Waals surface area contributed by atoms with E-state index in [-0.39, 0.29) is 18.0 Å². The lowest BCUT2D eigenvalue weighted by Crippen LogP contribution is -2.13. The Morgan fingerprint density at radius 2 is 2.50 bits per heavy atom. The molecule has 1 atom stereocenters. The van der Waals surface area contributed by atoms with E-state index in [0.717, 1.165) is 19.4 Å². The van der Waals surface area contributed by atoms with Crippen LogP contribution in [0.5, 0.6) is 5.75 Å². The van der Waals surface area contributed by atoms with Crippen LogP contribution >= 0.6 is 11.3 Å². The maximum atomic E-state index is 12.0. The number of methoxy groups -OCH3 is 1. The first kappa shape index (κ1) is 13.1. The van der Waals surface area contributed by atoms with Crippen LogP contribution in [0.3, 0.4) is 0 Å². The number of carbonyl (C=O) groups is 1. The van der Waals surface area contributed by atoms with Crippen molar-refractivity contribution in [3.63, 3.8) is 0 Å². The molecule has 1 aliphatic rings. The third-order valence-electron chi connectivity index (χ3n) is 3.05. The quantitative estimate of drug-likeness (QED) is 0.894. The second kappa shape index (κ2) is 5.59. The van der Waals surface area contributed by atoms with Crippen molar-refractivity contribution < 1.29 is 13.9 Å². The number of amides is 1. The van der Waals surface area contributed by atoms with Crippen molar-refractivity contribution in [2.45, 2.75) is 18.9 Å². The predicted octanol–water partition coefficient (Wildman–Crippen LogP) is 1.82. The highest BCUT2D eigenvalue weighted by molar-refractivity contribution is 7.12. The molecule has 1 amide bonds. The van der Waals surface area contributed by atoms with Crippen molar-refractivity contribution in [1.29, 1.82) is 0 Å². The highest BCUT2D eigenvalue weighted by atomic mass is 32.1. The smallest absolute Gasteiger partial charge is 0.322 e. The van der Waals surface area contributed by atoms with Gasteiger partial charge in [-0.05, 0) is 19.4 Å². The van der Waals surface area contributed by atoms with E-state index in [9.17, 15) is 4.79 Å². The summed E-state index contributed by atoms with van der Waals surface area (Å²) in [6, 6.07) is 1.87. The fraction of sp³-hybridized carbons (Fsp3) is 0.417. The van der Waals surface area contributed by atoms with Crippen LogP contribution in [0.15, 0.2) is 15.9 Å². The number of thiophene rings is 1. The average molecular weight is 294 g/mol. The van der Waals surface area contributed by atoms with Crippen LogP contribution in [-0.2, 0) is 0 Å². The molecule has 0 spiro atoms. The Bertz CT molecular complexity index is 603. The zero-order valence-corrected chi connectivity index (χ0v) is 11.7. The van der Waals surface area contributed by atoms with Crippen molar-refractivity contribution in [2.24, 2.45) is 0 Å². The van der Waals surface area contributed by atoms with Gasteiger partial charge in [-0.15, -0.1) is 16.4 Å². The van der Waals surface area contributed by atoms with Crippen LogP contribution in [0, 0.1) is 0 Å². The van der Waals surface area contributed by atoms with Crippen LogP contribution in [0.25, 0.3) is 0 Å². The van der Waals surface area contributed by atoms with Gasteiger partial charge in [0, 0.05) is 11.4 Å². The number of rotatable bonds is 4. The van der Waals surface area contributed by atoms with Gasteiger partial charge in [-0.1, -0.05) is 5.10 Å². The fourth-order valence-electron chi connectivity index (χ4n) is 2.02. The highest BCUT2D eigenvalue weighted by Crippen LogP contribution is 2.24. The second-order valence-electron chi connectivity index (χ2n) is 4.40. The molecule has 7 nitrogen and oxygen atoms in total. The van der Waals surface area contributed by atoms with Gasteiger partial charge in [-0.2, -0.15) is 0 Å². The molecule has 0 aromatic carbocycles. The maximum Gasteiger partial charge on any atom is 0.322 e. The lowest BCUT2D eigenvalue weighted by atomic mass is 10.2. The SMILES string of the molecule is COc1csc(C(=O)Nc2nnc(C3CCCN3)o2)c1. The Morgan fingerprint density at radius 3 is 3.20 bits per heavy atom. The first-order chi connectivity index (χ1) is 9.76. The summed E-state index contributed by atoms with van der Waals surface area (Å²) >= 11 is 1.29. The van der Waals surface area contributed by atoms with E-state index < -0.39 is 0 Å². The largest absolute Gasteiger partial charge is 0.496 e. The summed E-state index contributed by atoms with van der Waals surface area (Å²) in [7, 11) is 1.56. The fourth-order valence-corrected chi connectivity index (χ4v) is 2.77. The summed E-state index contributed by atoms with van der Waals surface area (Å²) in [5.41, 5.74) is 0. The molecule has 3 rings (SSSR count). The molecule has 8 heteroatoms. The van der Waals surface area contributed by atoms with Crippen LogP contribution in [0.1, 0.15) is 34.4 Å². The Morgan fingerprint density at radius 1 is 1.60 bits per heavy atom. The molecule has 1 saturated heterocycles. The molecule has 2 aromatic rings. The topological polar surface area (TPSA) is 89.3 Å². The number of hydrogen-bond donors (Lipinski definition) is 2. The van der Waals surface area contributed by atoms with Gasteiger partial charge in [-0.25, -0.2) is 0 Å². The molecule has 106 valence electrons. The standard InChI is InChI=1S/C12H14N4O3S/c1-18-7-5-9(20-6-7)10(17)14-12-16-15-11(19-12)8-3-2-4-13-8/h5-6,8,13H,2-4H2,1H3,(H,14,16,17). The van der Waals surface area contributed by atoms with Crippen molar-refractivity contribution in [2.75, 3.05) is 19.0 Å². The van der Waals surface area contributed by atoms with Gasteiger partial charge in [0.2, 0.25) is 5.89 Å². The molecular formula is C12H14N4O3S. The monoisotopic (exact) mass is 294 g/mol. The van der Waals surface area contributed by atoms with E-state index in [1.165, 1.54) is 11.3 Å². The van der Waals surface area contributed by atoms with Crippen LogP contribution < -0.4 is 15.4 Å². The molecule has 2 aromatic heterocycles. The third kappa shape index (κ3) is 2.66. The van der Waals surface area contributed by atoms with Gasteiger partial charge >= 0.3 is 6.01 Å². The highest BCUT2D eigenvalue weighted by Gasteiger charge is 2.22. The summed E-state index contributed by atoms with van der Waals surface area (Å²) in [5.74, 6) is 0.885. The summed E-state index contributed by atoms with van der Waals surface area (Å²) < 4.78 is 10.5. The van der Waals surface area contributed by atoms with E-state index in [1.54, 1.807) is 18.6 Å². The number of aromatic nitrogens is 2. The molecule has 1 unspecified atom stereocenters. The molecule has 3 heterocycles. The Kier molecular flexibility index (Phi) is 3.66. The Hall–Kier alpha value is -1.93. The minimum atomic E-state index is -0.284. The zero-order chi connectivity index (χ0) is 13.9. The van der Waals surface area contributed by atoms with E-state index in [4.69, 9.17) is 9.15 Å². The number of hydrogen-bond acceptors (Lipinski definition) is 7. The van der Waals surface area contributed by atoms with Gasteiger partial charge in [0.15, 0.2) is 0 Å². The van der Waals surface area contributed by atoms with Crippen molar-refractivity contribution >= 4 is 23.3 Å². The van der Waals surface area contributed by atoms with E-state index >= 15 is 0 Å². The molecule has 20 heavy (non-hydrogen) atoms. The van der Waals surface area contributed by atoms with Crippen molar-refractivity contribution in [3.05, 3.63) is 22.2 Å². The molecule has 2 N–H and O–H groups in total. The van der Waals surface area contributed by atoms with Gasteiger partial charge < -0.3 is 14.5 Å². The van der Waals surface area contributed by atoms with Gasteiger partial charge in [-0.3, -0.25) is 10.1 Å². The number of nitrogens with zero attached hydrogens (tertiary/aromatic N) is 2. The molecular weight excluding hydrogens is 280 g/mol. The first-order valence-corrected chi connectivity index (χ1v) is 7.15. The average Bonchev–Trinajstić information content (AvgIpc) is 3.19. The van der Waals surface area contributed by atoms with Crippen molar-refractivity contribution in [3.8, 4) is 5.75 Å². The molecule has 1 fully saturated rings. The summed E-state index contributed by atoms with van der Waals surface area (Å²) in [6.45, 7) is 0.948. The normalized spacial score (nSPS) is 18.1. The minimum Gasteiger partial charge on any atom is -0.496 e. The molecule has 0 radical (unpaired) electrons. The lowest BCUT2D eigenvalue weighted by Gasteiger charge is -2.02. The number of anilines is 1. The summed E-state index contributed by atoms with van der Waals surface area (Å²) in [5, 5.41) is 15.4. The van der Waals surface area contributed by atoms with Gasteiger partial charge in [0.25, 0.3) is 5.91 Å². The molecule has 0 aliphatic carbocycles. The Labute approximate surface area is 119 Å². The van der Waals surface area contributed by atoms with E-state index in [1.807, 2.05) is 0 Å². The van der Waals surface area contributed by atoms with Gasteiger partial charge in [0.1, 0.15) is 5.75 Å². The lowest BCUT2D eigenvalue weighted by molar-refractivity contribution is 0.102. The predicted molar refractivity (Wildman–Crippen MR) is 73.1 cm³/mol. The molecule has 1 aliphatic heterocycles. The third-order valence-corrected chi connectivity index (χ3v) is 3.96. The van der Waals surface area contributed by atoms with E-state index in [0.29, 0.717) is 16.5 Å². The van der Waals surface area contributed by atoms with Gasteiger partial charge in [0.05, 0.1) is 18.0 Å². The molecule has 0 saturated carbocycles. The maximum absolute atomic E-state index is 12.0.